The van der Waals surface area contributed by atoms with Crippen LogP contribution >= 0.6 is 0 Å². The van der Waals surface area contributed by atoms with E-state index in [9.17, 15) is 10.2 Å². The molecule has 2 aromatic rings. The summed E-state index contributed by atoms with van der Waals surface area (Å²) in [5, 5.41) is 21.2. The Kier molecular flexibility index (Phi) is 6.83. The third kappa shape index (κ3) is 4.25. The molecule has 6 nitrogen and oxygen atoms in total. The van der Waals surface area contributed by atoms with Crippen LogP contribution in [0.1, 0.15) is 27.7 Å². The Balaban J connectivity index is 2.69. The van der Waals surface area contributed by atoms with E-state index >= 15 is 0 Å². The van der Waals surface area contributed by atoms with E-state index in [0.29, 0.717) is 60.6 Å². The molecule has 6 heteroatoms. The van der Waals surface area contributed by atoms with Crippen LogP contribution in [0.25, 0.3) is 11.1 Å². The molecule has 0 bridgehead atoms. The Hall–Kier alpha value is -2.76. The zero-order chi connectivity index (χ0) is 19.1. The molecule has 0 radical (unpaired) electrons. The van der Waals surface area contributed by atoms with E-state index in [0.717, 1.165) is 0 Å². The maximum absolute atomic E-state index is 10.6. The standard InChI is InChI=1S/C20H26O6/c1-5-23-13-9-15(21)19(17(11-13)25-7-3)20-16(22)10-14(24-6-2)12-18(20)26-8-4/h9-12,21-22H,5-8H2,1-4H3. The van der Waals surface area contributed by atoms with E-state index in [1.165, 1.54) is 12.1 Å². The van der Waals surface area contributed by atoms with Gasteiger partial charge in [0, 0.05) is 24.3 Å². The second kappa shape index (κ2) is 9.08. The molecule has 0 heterocycles. The summed E-state index contributed by atoms with van der Waals surface area (Å²) < 4.78 is 22.3. The Morgan fingerprint density at radius 2 is 0.923 bits per heavy atom. The molecular formula is C20H26O6. The van der Waals surface area contributed by atoms with Crippen molar-refractivity contribution in [1.29, 1.82) is 0 Å². The average molecular weight is 362 g/mol. The van der Waals surface area contributed by atoms with E-state index in [4.69, 9.17) is 18.9 Å². The van der Waals surface area contributed by atoms with Gasteiger partial charge in [0.2, 0.25) is 0 Å². The van der Waals surface area contributed by atoms with E-state index in [1.807, 2.05) is 27.7 Å². The van der Waals surface area contributed by atoms with Gasteiger partial charge in [0.15, 0.2) is 0 Å². The van der Waals surface area contributed by atoms with Gasteiger partial charge < -0.3 is 29.2 Å². The number of benzene rings is 2. The van der Waals surface area contributed by atoms with Gasteiger partial charge in [0.25, 0.3) is 0 Å². The summed E-state index contributed by atoms with van der Waals surface area (Å²) >= 11 is 0. The Bertz CT molecular complexity index is 678. The highest BCUT2D eigenvalue weighted by atomic mass is 16.5. The molecule has 0 saturated heterocycles. The predicted octanol–water partition coefficient (Wildman–Crippen LogP) is 4.36. The second-order valence-corrected chi connectivity index (χ2v) is 5.36. The molecular weight excluding hydrogens is 336 g/mol. The summed E-state index contributed by atoms with van der Waals surface area (Å²) in [7, 11) is 0. The maximum atomic E-state index is 10.6. The molecule has 142 valence electrons. The summed E-state index contributed by atoms with van der Waals surface area (Å²) in [5.74, 6) is 1.63. The van der Waals surface area contributed by atoms with Crippen molar-refractivity contribution < 1.29 is 29.2 Å². The number of phenolic OH excluding ortho intramolecular Hbond substituents is 2. The lowest BCUT2D eigenvalue weighted by Gasteiger charge is -2.19. The fourth-order valence-corrected chi connectivity index (χ4v) is 2.69. The third-order valence-corrected chi connectivity index (χ3v) is 3.58. The second-order valence-electron chi connectivity index (χ2n) is 5.36. The number of hydrogen-bond acceptors (Lipinski definition) is 6. The van der Waals surface area contributed by atoms with Crippen LogP contribution in [0.4, 0.5) is 0 Å². The first-order valence-corrected chi connectivity index (χ1v) is 8.81. The SMILES string of the molecule is CCOc1cc(O)c(-c2c(O)cc(OCC)cc2OCC)c(OCC)c1. The molecule has 0 atom stereocenters. The smallest absolute Gasteiger partial charge is 0.134 e. The summed E-state index contributed by atoms with van der Waals surface area (Å²) in [5.41, 5.74) is 0.693. The molecule has 0 aliphatic carbocycles. The highest BCUT2D eigenvalue weighted by molar-refractivity contribution is 5.86. The van der Waals surface area contributed by atoms with Gasteiger partial charge in [-0.2, -0.15) is 0 Å². The maximum Gasteiger partial charge on any atom is 0.134 e. The molecule has 2 aromatic carbocycles. The molecule has 0 aliphatic rings. The molecule has 0 amide bonds. The molecule has 0 aliphatic heterocycles. The third-order valence-electron chi connectivity index (χ3n) is 3.58. The van der Waals surface area contributed by atoms with Crippen LogP contribution in [0.3, 0.4) is 0 Å². The Morgan fingerprint density at radius 1 is 0.577 bits per heavy atom. The lowest BCUT2D eigenvalue weighted by Crippen LogP contribution is -2.01. The van der Waals surface area contributed by atoms with Crippen LogP contribution in [0.15, 0.2) is 24.3 Å². The van der Waals surface area contributed by atoms with Crippen molar-refractivity contribution >= 4 is 0 Å². The van der Waals surface area contributed by atoms with Crippen molar-refractivity contribution in [3.05, 3.63) is 24.3 Å². The molecule has 0 fully saturated rings. The highest BCUT2D eigenvalue weighted by Crippen LogP contribution is 2.50. The minimum atomic E-state index is -0.0696. The number of rotatable bonds is 9. The molecule has 26 heavy (non-hydrogen) atoms. The van der Waals surface area contributed by atoms with Gasteiger partial charge >= 0.3 is 0 Å². The molecule has 0 aromatic heterocycles. The van der Waals surface area contributed by atoms with E-state index in [2.05, 4.69) is 0 Å². The van der Waals surface area contributed by atoms with Gasteiger partial charge in [0.1, 0.15) is 34.5 Å². The Morgan fingerprint density at radius 3 is 1.23 bits per heavy atom. The van der Waals surface area contributed by atoms with Crippen molar-refractivity contribution in [2.75, 3.05) is 26.4 Å². The summed E-state index contributed by atoms with van der Waals surface area (Å²) in [6, 6.07) is 6.36. The van der Waals surface area contributed by atoms with E-state index < -0.39 is 0 Å². The summed E-state index contributed by atoms with van der Waals surface area (Å²) in [4.78, 5) is 0. The molecule has 0 spiro atoms. The van der Waals surface area contributed by atoms with Crippen molar-refractivity contribution in [2.45, 2.75) is 27.7 Å². The van der Waals surface area contributed by atoms with Crippen LogP contribution in [0, 0.1) is 0 Å². The first-order valence-electron chi connectivity index (χ1n) is 8.81. The quantitative estimate of drug-likeness (QED) is 0.690. The largest absolute Gasteiger partial charge is 0.507 e. The molecule has 2 rings (SSSR count). The first kappa shape index (κ1) is 19.6. The number of phenols is 2. The van der Waals surface area contributed by atoms with Gasteiger partial charge in [-0.05, 0) is 27.7 Å². The summed E-state index contributed by atoms with van der Waals surface area (Å²) in [6.07, 6.45) is 0. The Labute approximate surface area is 153 Å². The van der Waals surface area contributed by atoms with Gasteiger partial charge in [-0.15, -0.1) is 0 Å². The first-order chi connectivity index (χ1) is 12.5. The number of ether oxygens (including phenoxy) is 4. The fraction of sp³-hybridized carbons (Fsp3) is 0.400. The van der Waals surface area contributed by atoms with Crippen LogP contribution < -0.4 is 18.9 Å². The molecule has 0 saturated carbocycles. The van der Waals surface area contributed by atoms with Gasteiger partial charge in [0.05, 0.1) is 37.6 Å². The van der Waals surface area contributed by atoms with Crippen LogP contribution in [0.2, 0.25) is 0 Å². The predicted molar refractivity (Wildman–Crippen MR) is 99.9 cm³/mol. The monoisotopic (exact) mass is 362 g/mol. The van der Waals surface area contributed by atoms with Crippen LogP contribution in [-0.4, -0.2) is 36.6 Å². The van der Waals surface area contributed by atoms with E-state index in [1.54, 1.807) is 12.1 Å². The van der Waals surface area contributed by atoms with Gasteiger partial charge in [-0.25, -0.2) is 0 Å². The zero-order valence-electron chi connectivity index (χ0n) is 15.7. The number of aromatic hydroxyl groups is 2. The van der Waals surface area contributed by atoms with Crippen molar-refractivity contribution in [3.63, 3.8) is 0 Å². The number of hydrogen-bond donors (Lipinski definition) is 2. The lowest BCUT2D eigenvalue weighted by molar-refractivity contribution is 0.315. The van der Waals surface area contributed by atoms with Gasteiger partial charge in [-0.3, -0.25) is 0 Å². The molecule has 0 unspecified atom stereocenters. The van der Waals surface area contributed by atoms with Crippen LogP contribution in [-0.2, 0) is 0 Å². The highest BCUT2D eigenvalue weighted by Gasteiger charge is 2.23. The average Bonchev–Trinajstić information content (AvgIpc) is 2.57. The van der Waals surface area contributed by atoms with Gasteiger partial charge in [-0.1, -0.05) is 0 Å². The minimum absolute atomic E-state index is 0.0696. The van der Waals surface area contributed by atoms with Crippen LogP contribution in [0.5, 0.6) is 34.5 Å². The fourth-order valence-electron chi connectivity index (χ4n) is 2.69. The zero-order valence-corrected chi connectivity index (χ0v) is 15.7. The van der Waals surface area contributed by atoms with Crippen molar-refractivity contribution in [2.24, 2.45) is 0 Å². The van der Waals surface area contributed by atoms with E-state index in [-0.39, 0.29) is 11.5 Å². The molecule has 2 N–H and O–H groups in total. The topological polar surface area (TPSA) is 77.4 Å². The van der Waals surface area contributed by atoms with Crippen molar-refractivity contribution in [3.8, 4) is 45.6 Å². The lowest BCUT2D eigenvalue weighted by atomic mass is 10.00. The summed E-state index contributed by atoms with van der Waals surface area (Å²) in [6.45, 7) is 9.11. The minimum Gasteiger partial charge on any atom is -0.507 e. The van der Waals surface area contributed by atoms with Crippen molar-refractivity contribution in [1.82, 2.24) is 0 Å². The normalized spacial score (nSPS) is 10.5.